The highest BCUT2D eigenvalue weighted by atomic mass is 16.5. The van der Waals surface area contributed by atoms with Gasteiger partial charge >= 0.3 is 6.09 Å². The molecule has 0 aliphatic carbocycles. The Balaban J connectivity index is 1.90. The molecule has 0 radical (unpaired) electrons. The lowest BCUT2D eigenvalue weighted by Crippen LogP contribution is -2.18. The summed E-state index contributed by atoms with van der Waals surface area (Å²) < 4.78 is 10.7. The quantitative estimate of drug-likeness (QED) is 0.909. The van der Waals surface area contributed by atoms with Crippen molar-refractivity contribution >= 4 is 6.09 Å². The van der Waals surface area contributed by atoms with Crippen LogP contribution in [0.5, 0.6) is 5.75 Å². The third-order valence-corrected chi connectivity index (χ3v) is 2.72. The van der Waals surface area contributed by atoms with Gasteiger partial charge in [-0.15, -0.1) is 0 Å². The molecule has 0 bridgehead atoms. The van der Waals surface area contributed by atoms with E-state index in [0.717, 1.165) is 16.9 Å². The number of nitrogens with one attached hydrogen (secondary N) is 1. The second-order valence-electron chi connectivity index (χ2n) is 4.25. The normalized spacial score (nSPS) is 9.85. The summed E-state index contributed by atoms with van der Waals surface area (Å²) in [5.74, 6) is 0.756. The lowest BCUT2D eigenvalue weighted by molar-refractivity contribution is 0.142. The molecule has 2 aromatic rings. The summed E-state index contributed by atoms with van der Waals surface area (Å²) >= 11 is 0. The van der Waals surface area contributed by atoms with Gasteiger partial charge in [0.05, 0.1) is 0 Å². The molecule has 0 aliphatic rings. The summed E-state index contributed by atoms with van der Waals surface area (Å²) in [5.41, 5.74) is 2.00. The third-order valence-electron chi connectivity index (χ3n) is 2.72. The predicted octanol–water partition coefficient (Wildman–Crippen LogP) is 3.12. The van der Waals surface area contributed by atoms with Gasteiger partial charge in [0.25, 0.3) is 0 Å². The van der Waals surface area contributed by atoms with Gasteiger partial charge in [0.1, 0.15) is 19.0 Å². The molecule has 20 heavy (non-hydrogen) atoms. The second-order valence-corrected chi connectivity index (χ2v) is 4.25. The molecule has 0 aliphatic heterocycles. The number of benzene rings is 2. The Morgan fingerprint density at radius 3 is 2.50 bits per heavy atom. The van der Waals surface area contributed by atoms with Gasteiger partial charge in [0.2, 0.25) is 0 Å². The number of carbonyl (C=O) groups is 1. The molecular weight excluding hydrogens is 254 g/mol. The van der Waals surface area contributed by atoms with Crippen LogP contribution in [0.15, 0.2) is 54.6 Å². The SMILES string of the molecule is CNC(=O)OCc1cccc(OCc2ccccc2)c1. The van der Waals surface area contributed by atoms with E-state index in [-0.39, 0.29) is 6.61 Å². The van der Waals surface area contributed by atoms with Gasteiger partial charge in [0.15, 0.2) is 0 Å². The van der Waals surface area contributed by atoms with E-state index < -0.39 is 6.09 Å². The lowest BCUT2D eigenvalue weighted by Gasteiger charge is -2.08. The standard InChI is InChI=1S/C16H17NO3/c1-17-16(18)20-12-14-8-5-9-15(10-14)19-11-13-6-3-2-4-7-13/h2-10H,11-12H2,1H3,(H,17,18). The Morgan fingerprint density at radius 2 is 1.75 bits per heavy atom. The maximum atomic E-state index is 11.0. The molecule has 0 atom stereocenters. The number of rotatable bonds is 5. The number of hydrogen-bond acceptors (Lipinski definition) is 3. The molecule has 0 fully saturated rings. The van der Waals surface area contributed by atoms with Gasteiger partial charge in [-0.2, -0.15) is 0 Å². The van der Waals surface area contributed by atoms with E-state index >= 15 is 0 Å². The van der Waals surface area contributed by atoms with Crippen molar-refractivity contribution in [3.8, 4) is 5.75 Å². The van der Waals surface area contributed by atoms with Gasteiger partial charge in [-0.05, 0) is 23.3 Å². The smallest absolute Gasteiger partial charge is 0.407 e. The number of ether oxygens (including phenoxy) is 2. The highest BCUT2D eigenvalue weighted by Crippen LogP contribution is 2.15. The third kappa shape index (κ3) is 4.31. The maximum Gasteiger partial charge on any atom is 0.407 e. The van der Waals surface area contributed by atoms with E-state index in [1.54, 1.807) is 0 Å². The van der Waals surface area contributed by atoms with Crippen molar-refractivity contribution in [2.75, 3.05) is 7.05 Å². The Hall–Kier alpha value is -2.49. The molecule has 0 unspecified atom stereocenters. The van der Waals surface area contributed by atoms with Crippen LogP contribution in [-0.4, -0.2) is 13.1 Å². The van der Waals surface area contributed by atoms with Crippen LogP contribution >= 0.6 is 0 Å². The Labute approximate surface area is 118 Å². The average molecular weight is 271 g/mol. The van der Waals surface area contributed by atoms with Crippen LogP contribution in [0.3, 0.4) is 0 Å². The van der Waals surface area contributed by atoms with Gasteiger partial charge in [0, 0.05) is 7.05 Å². The lowest BCUT2D eigenvalue weighted by atomic mass is 10.2. The fourth-order valence-corrected chi connectivity index (χ4v) is 1.69. The Kier molecular flexibility index (Phi) is 5.00. The molecule has 1 amide bonds. The number of carbonyl (C=O) groups excluding carboxylic acids is 1. The first kappa shape index (κ1) is 13.9. The zero-order valence-electron chi connectivity index (χ0n) is 11.3. The predicted molar refractivity (Wildman–Crippen MR) is 76.5 cm³/mol. The molecule has 2 rings (SSSR count). The molecule has 4 nitrogen and oxygen atoms in total. The van der Waals surface area contributed by atoms with E-state index in [2.05, 4.69) is 5.32 Å². The zero-order chi connectivity index (χ0) is 14.2. The molecule has 1 N–H and O–H groups in total. The summed E-state index contributed by atoms with van der Waals surface area (Å²) in [6, 6.07) is 17.5. The van der Waals surface area contributed by atoms with Crippen LogP contribution in [0.25, 0.3) is 0 Å². The molecule has 4 heteroatoms. The molecule has 0 saturated heterocycles. The van der Waals surface area contributed by atoms with E-state index in [1.165, 1.54) is 7.05 Å². The molecule has 0 heterocycles. The monoisotopic (exact) mass is 271 g/mol. The second kappa shape index (κ2) is 7.19. The minimum atomic E-state index is -0.444. The average Bonchev–Trinajstić information content (AvgIpc) is 2.52. The fourth-order valence-electron chi connectivity index (χ4n) is 1.69. The fraction of sp³-hybridized carbons (Fsp3) is 0.188. The molecule has 0 aromatic heterocycles. The highest BCUT2D eigenvalue weighted by Gasteiger charge is 2.01. The van der Waals surface area contributed by atoms with E-state index in [0.29, 0.717) is 6.61 Å². The number of alkyl carbamates (subject to hydrolysis) is 1. The molecule has 0 spiro atoms. The Bertz CT molecular complexity index is 555. The Morgan fingerprint density at radius 1 is 1.00 bits per heavy atom. The number of hydrogen-bond donors (Lipinski definition) is 1. The first-order valence-corrected chi connectivity index (χ1v) is 6.38. The van der Waals surface area contributed by atoms with Crippen molar-refractivity contribution in [2.45, 2.75) is 13.2 Å². The van der Waals surface area contributed by atoms with Crippen molar-refractivity contribution in [3.05, 3.63) is 65.7 Å². The van der Waals surface area contributed by atoms with Gasteiger partial charge in [-0.1, -0.05) is 42.5 Å². The van der Waals surface area contributed by atoms with Crippen LogP contribution in [0.2, 0.25) is 0 Å². The van der Waals surface area contributed by atoms with E-state index in [4.69, 9.17) is 9.47 Å². The first-order valence-electron chi connectivity index (χ1n) is 6.38. The maximum absolute atomic E-state index is 11.0. The minimum absolute atomic E-state index is 0.224. The van der Waals surface area contributed by atoms with Crippen molar-refractivity contribution in [1.29, 1.82) is 0 Å². The van der Waals surface area contributed by atoms with Crippen LogP contribution < -0.4 is 10.1 Å². The summed E-state index contributed by atoms with van der Waals surface area (Å²) in [5, 5.41) is 2.40. The van der Waals surface area contributed by atoms with Crippen LogP contribution in [0.1, 0.15) is 11.1 Å². The molecule has 2 aromatic carbocycles. The topological polar surface area (TPSA) is 47.6 Å². The van der Waals surface area contributed by atoms with Crippen molar-refractivity contribution in [3.63, 3.8) is 0 Å². The van der Waals surface area contributed by atoms with E-state index in [1.807, 2.05) is 54.6 Å². The molecular formula is C16H17NO3. The van der Waals surface area contributed by atoms with Crippen LogP contribution in [0.4, 0.5) is 4.79 Å². The highest BCUT2D eigenvalue weighted by molar-refractivity contribution is 5.66. The van der Waals surface area contributed by atoms with E-state index in [9.17, 15) is 4.79 Å². The van der Waals surface area contributed by atoms with Crippen LogP contribution in [-0.2, 0) is 18.0 Å². The first-order chi connectivity index (χ1) is 9.78. The zero-order valence-corrected chi connectivity index (χ0v) is 11.3. The summed E-state index contributed by atoms with van der Waals surface area (Å²) in [6.45, 7) is 0.739. The van der Waals surface area contributed by atoms with Crippen LogP contribution in [0, 0.1) is 0 Å². The van der Waals surface area contributed by atoms with Crippen molar-refractivity contribution in [1.82, 2.24) is 5.32 Å². The van der Waals surface area contributed by atoms with Crippen molar-refractivity contribution in [2.24, 2.45) is 0 Å². The summed E-state index contributed by atoms with van der Waals surface area (Å²) in [6.07, 6.45) is -0.444. The molecule has 0 saturated carbocycles. The summed E-state index contributed by atoms with van der Waals surface area (Å²) in [4.78, 5) is 11.0. The minimum Gasteiger partial charge on any atom is -0.489 e. The van der Waals surface area contributed by atoms with Gasteiger partial charge in [-0.3, -0.25) is 0 Å². The van der Waals surface area contributed by atoms with Crippen molar-refractivity contribution < 1.29 is 14.3 Å². The van der Waals surface area contributed by atoms with Gasteiger partial charge < -0.3 is 14.8 Å². The number of amides is 1. The molecule has 104 valence electrons. The largest absolute Gasteiger partial charge is 0.489 e. The summed E-state index contributed by atoms with van der Waals surface area (Å²) in [7, 11) is 1.53. The van der Waals surface area contributed by atoms with Gasteiger partial charge in [-0.25, -0.2) is 4.79 Å².